The van der Waals surface area contributed by atoms with Gasteiger partial charge in [-0.3, -0.25) is 4.79 Å². The molecule has 1 amide bonds. The molecule has 0 bridgehead atoms. The molecular formula is C22H21ClN4O. The van der Waals surface area contributed by atoms with Crippen molar-refractivity contribution in [1.82, 2.24) is 9.97 Å². The van der Waals surface area contributed by atoms with Gasteiger partial charge in [0.2, 0.25) is 11.9 Å². The van der Waals surface area contributed by atoms with Gasteiger partial charge in [-0.15, -0.1) is 0 Å². The van der Waals surface area contributed by atoms with Gasteiger partial charge in [0, 0.05) is 47.7 Å². The summed E-state index contributed by atoms with van der Waals surface area (Å²) >= 11 is 5.89. The summed E-state index contributed by atoms with van der Waals surface area (Å²) in [7, 11) is 0. The van der Waals surface area contributed by atoms with Crippen LogP contribution in [-0.2, 0) is 4.79 Å². The molecule has 1 aromatic heterocycles. The second-order valence-corrected chi connectivity index (χ2v) is 7.33. The molecule has 1 aliphatic rings. The maximum atomic E-state index is 12.5. The van der Waals surface area contributed by atoms with Crippen molar-refractivity contribution in [3.05, 3.63) is 72.0 Å². The maximum Gasteiger partial charge on any atom is 0.227 e. The number of anilines is 2. The number of nitrogens with zero attached hydrogens (tertiary/aromatic N) is 3. The topological polar surface area (TPSA) is 58.1 Å². The van der Waals surface area contributed by atoms with E-state index in [1.807, 2.05) is 54.9 Å². The van der Waals surface area contributed by atoms with E-state index < -0.39 is 0 Å². The summed E-state index contributed by atoms with van der Waals surface area (Å²) in [6.45, 7) is 1.53. The Kier molecular flexibility index (Phi) is 5.53. The van der Waals surface area contributed by atoms with Gasteiger partial charge in [-0.1, -0.05) is 41.9 Å². The van der Waals surface area contributed by atoms with Crippen LogP contribution in [0.5, 0.6) is 0 Å². The number of halogens is 1. The van der Waals surface area contributed by atoms with Crippen LogP contribution >= 0.6 is 11.6 Å². The minimum atomic E-state index is -0.00415. The van der Waals surface area contributed by atoms with Crippen LogP contribution < -0.4 is 10.2 Å². The van der Waals surface area contributed by atoms with Gasteiger partial charge in [0.05, 0.1) is 0 Å². The third-order valence-electron chi connectivity index (χ3n) is 5.01. The van der Waals surface area contributed by atoms with E-state index in [9.17, 15) is 4.79 Å². The molecule has 1 saturated heterocycles. The van der Waals surface area contributed by atoms with E-state index in [-0.39, 0.29) is 11.8 Å². The smallest absolute Gasteiger partial charge is 0.227 e. The fraction of sp³-hybridized carbons (Fsp3) is 0.227. The summed E-state index contributed by atoms with van der Waals surface area (Å²) in [5, 5.41) is 3.63. The summed E-state index contributed by atoms with van der Waals surface area (Å²) in [4.78, 5) is 23.7. The van der Waals surface area contributed by atoms with E-state index in [1.165, 1.54) is 0 Å². The largest absolute Gasteiger partial charge is 0.341 e. The maximum absolute atomic E-state index is 12.5. The Balaban J connectivity index is 1.33. The van der Waals surface area contributed by atoms with Gasteiger partial charge >= 0.3 is 0 Å². The lowest BCUT2D eigenvalue weighted by Gasteiger charge is -2.31. The molecule has 142 valence electrons. The molecule has 6 heteroatoms. The van der Waals surface area contributed by atoms with E-state index in [1.54, 1.807) is 12.1 Å². The average molecular weight is 393 g/mol. The van der Waals surface area contributed by atoms with Crippen molar-refractivity contribution in [3.63, 3.8) is 0 Å². The fourth-order valence-electron chi connectivity index (χ4n) is 3.38. The van der Waals surface area contributed by atoms with Crippen molar-refractivity contribution in [3.8, 4) is 11.1 Å². The standard InChI is InChI=1S/C22H21ClN4O/c23-19-6-8-20(9-7-19)26-21(28)17-10-12-27(13-11-17)22-24-14-18(15-25-22)16-4-2-1-3-5-16/h1-9,14-15,17H,10-13H2,(H,26,28). The molecule has 1 fully saturated rings. The Labute approximate surface area is 169 Å². The zero-order chi connectivity index (χ0) is 19.3. The quantitative estimate of drug-likeness (QED) is 0.702. The predicted octanol–water partition coefficient (Wildman–Crippen LogP) is 4.65. The number of amides is 1. The van der Waals surface area contributed by atoms with Crippen LogP contribution in [0.4, 0.5) is 11.6 Å². The number of nitrogens with one attached hydrogen (secondary N) is 1. The Morgan fingerprint density at radius 3 is 2.21 bits per heavy atom. The average Bonchev–Trinajstić information content (AvgIpc) is 2.76. The Morgan fingerprint density at radius 1 is 0.929 bits per heavy atom. The van der Waals surface area contributed by atoms with Gasteiger partial charge in [-0.05, 0) is 42.7 Å². The summed E-state index contributed by atoms with van der Waals surface area (Å²) in [5.74, 6) is 0.772. The first-order valence-electron chi connectivity index (χ1n) is 9.38. The van der Waals surface area contributed by atoms with Crippen LogP contribution in [0.25, 0.3) is 11.1 Å². The third-order valence-corrected chi connectivity index (χ3v) is 5.26. The number of carbonyl (C=O) groups is 1. The highest BCUT2D eigenvalue weighted by Gasteiger charge is 2.26. The van der Waals surface area contributed by atoms with Gasteiger partial charge in [-0.25, -0.2) is 9.97 Å². The third kappa shape index (κ3) is 4.31. The molecule has 0 spiro atoms. The molecule has 1 aliphatic heterocycles. The van der Waals surface area contributed by atoms with Crippen molar-refractivity contribution in [2.75, 3.05) is 23.3 Å². The summed E-state index contributed by atoms with van der Waals surface area (Å²) in [6, 6.07) is 17.3. The van der Waals surface area contributed by atoms with E-state index in [2.05, 4.69) is 20.2 Å². The lowest BCUT2D eigenvalue weighted by molar-refractivity contribution is -0.120. The van der Waals surface area contributed by atoms with Crippen LogP contribution in [0.3, 0.4) is 0 Å². The first-order valence-corrected chi connectivity index (χ1v) is 9.76. The summed E-state index contributed by atoms with van der Waals surface area (Å²) in [6.07, 6.45) is 5.28. The van der Waals surface area contributed by atoms with Gasteiger partial charge in [0.25, 0.3) is 0 Å². The highest BCUT2D eigenvalue weighted by molar-refractivity contribution is 6.30. The van der Waals surface area contributed by atoms with E-state index in [4.69, 9.17) is 11.6 Å². The number of rotatable bonds is 4. The molecule has 2 aromatic carbocycles. The van der Waals surface area contributed by atoms with Crippen molar-refractivity contribution in [1.29, 1.82) is 0 Å². The van der Waals surface area contributed by atoms with E-state index in [0.29, 0.717) is 5.02 Å². The monoisotopic (exact) mass is 392 g/mol. The number of hydrogen-bond donors (Lipinski definition) is 1. The van der Waals surface area contributed by atoms with Gasteiger partial charge < -0.3 is 10.2 Å². The SMILES string of the molecule is O=C(Nc1ccc(Cl)cc1)C1CCN(c2ncc(-c3ccccc3)cn2)CC1. The molecule has 3 aromatic rings. The van der Waals surface area contributed by atoms with Crippen LogP contribution in [0.2, 0.25) is 5.02 Å². The van der Waals surface area contributed by atoms with Gasteiger partial charge in [-0.2, -0.15) is 0 Å². The van der Waals surface area contributed by atoms with Crippen LogP contribution in [-0.4, -0.2) is 29.0 Å². The second kappa shape index (κ2) is 8.40. The highest BCUT2D eigenvalue weighted by atomic mass is 35.5. The highest BCUT2D eigenvalue weighted by Crippen LogP contribution is 2.24. The number of aromatic nitrogens is 2. The lowest BCUT2D eigenvalue weighted by Crippen LogP contribution is -2.39. The number of carbonyl (C=O) groups excluding carboxylic acids is 1. The van der Waals surface area contributed by atoms with Crippen molar-refractivity contribution < 1.29 is 4.79 Å². The first kappa shape index (κ1) is 18.4. The molecule has 28 heavy (non-hydrogen) atoms. The van der Waals surface area contributed by atoms with Crippen molar-refractivity contribution in [2.24, 2.45) is 5.92 Å². The molecule has 0 aliphatic carbocycles. The lowest BCUT2D eigenvalue weighted by atomic mass is 9.96. The molecule has 0 saturated carbocycles. The zero-order valence-corrected chi connectivity index (χ0v) is 16.1. The molecule has 2 heterocycles. The predicted molar refractivity (Wildman–Crippen MR) is 112 cm³/mol. The summed E-state index contributed by atoms with van der Waals surface area (Å²) in [5.41, 5.74) is 2.88. The van der Waals surface area contributed by atoms with Gasteiger partial charge in [0.15, 0.2) is 0 Å². The molecule has 0 atom stereocenters. The Bertz CT molecular complexity index is 921. The van der Waals surface area contributed by atoms with Crippen molar-refractivity contribution >= 4 is 29.1 Å². The van der Waals surface area contributed by atoms with E-state index >= 15 is 0 Å². The molecule has 1 N–H and O–H groups in total. The number of piperidine rings is 1. The molecule has 0 unspecified atom stereocenters. The van der Waals surface area contributed by atoms with Crippen LogP contribution in [0, 0.1) is 5.92 Å². The Morgan fingerprint density at radius 2 is 1.57 bits per heavy atom. The minimum absolute atomic E-state index is 0.00415. The van der Waals surface area contributed by atoms with E-state index in [0.717, 1.165) is 48.7 Å². The Hall–Kier alpha value is -2.92. The molecule has 4 rings (SSSR count). The zero-order valence-electron chi connectivity index (χ0n) is 15.4. The van der Waals surface area contributed by atoms with Crippen molar-refractivity contribution in [2.45, 2.75) is 12.8 Å². The fourth-order valence-corrected chi connectivity index (χ4v) is 3.51. The number of hydrogen-bond acceptors (Lipinski definition) is 4. The molecule has 5 nitrogen and oxygen atoms in total. The van der Waals surface area contributed by atoms with Gasteiger partial charge in [0.1, 0.15) is 0 Å². The van der Waals surface area contributed by atoms with Crippen LogP contribution in [0.15, 0.2) is 67.0 Å². The number of benzene rings is 2. The normalized spacial score (nSPS) is 14.7. The summed E-state index contributed by atoms with van der Waals surface area (Å²) < 4.78 is 0. The molecule has 0 radical (unpaired) electrons. The first-order chi connectivity index (χ1) is 13.7. The molecular weight excluding hydrogens is 372 g/mol. The minimum Gasteiger partial charge on any atom is -0.341 e. The second-order valence-electron chi connectivity index (χ2n) is 6.90. The van der Waals surface area contributed by atoms with Crippen LogP contribution in [0.1, 0.15) is 12.8 Å².